The molecule has 2 aromatic rings. The van der Waals surface area contributed by atoms with E-state index in [1.54, 1.807) is 6.20 Å². The Balaban J connectivity index is 0.000000301. The largest absolute Gasteiger partial charge is 0.490 e. The van der Waals surface area contributed by atoms with Crippen molar-refractivity contribution in [3.8, 4) is 0 Å². The van der Waals surface area contributed by atoms with Crippen LogP contribution >= 0.6 is 11.3 Å². The third-order valence-corrected chi connectivity index (χ3v) is 6.31. The summed E-state index contributed by atoms with van der Waals surface area (Å²) in [7, 11) is 0. The Morgan fingerprint density at radius 1 is 1.13 bits per heavy atom. The molecule has 0 aliphatic carbocycles. The molecule has 212 valence electrons. The van der Waals surface area contributed by atoms with Crippen LogP contribution in [0.1, 0.15) is 29.7 Å². The molecule has 0 bridgehead atoms. The van der Waals surface area contributed by atoms with Gasteiger partial charge >= 0.3 is 24.3 Å². The summed E-state index contributed by atoms with van der Waals surface area (Å²) in [6.07, 6.45) is -2.93. The van der Waals surface area contributed by atoms with Gasteiger partial charge < -0.3 is 19.7 Å². The van der Waals surface area contributed by atoms with Crippen molar-refractivity contribution in [1.82, 2.24) is 9.88 Å². The maximum Gasteiger partial charge on any atom is 0.490 e. The molecule has 2 saturated heterocycles. The molecule has 1 spiro atoms. The highest BCUT2D eigenvalue weighted by Gasteiger charge is 2.44. The maximum absolute atomic E-state index is 10.6. The van der Waals surface area contributed by atoms with E-state index < -0.39 is 24.3 Å². The second-order valence-corrected chi connectivity index (χ2v) is 9.52. The van der Waals surface area contributed by atoms with Crippen LogP contribution in [-0.4, -0.2) is 75.8 Å². The van der Waals surface area contributed by atoms with Crippen molar-refractivity contribution in [1.29, 1.82) is 0 Å². The third-order valence-electron chi connectivity index (χ3n) is 5.45. The van der Waals surface area contributed by atoms with Crippen molar-refractivity contribution < 1.29 is 55.6 Å². The number of pyridine rings is 1. The van der Waals surface area contributed by atoms with E-state index in [4.69, 9.17) is 29.3 Å². The van der Waals surface area contributed by atoms with Crippen LogP contribution < -0.4 is 0 Å². The summed E-state index contributed by atoms with van der Waals surface area (Å²) in [5.74, 6) is -5.51. The van der Waals surface area contributed by atoms with Crippen LogP contribution in [0.25, 0.3) is 0 Å². The molecule has 15 heteroatoms. The van der Waals surface area contributed by atoms with E-state index >= 15 is 0 Å². The standard InChI is InChI=1S/C19H24N2O2S.2C2HF3O2/c1-4-16(11-20-7-1)13-22-17-10-19(23-14-17)6-3-8-21(15-19)12-18-5-2-9-24-18;2*3-2(4,5)1(6)7/h1-2,4-5,7,9,11,17H,3,6,8,10,12-15H2;2*(H,6,7)/t17-,19-;;/m0../s1. The van der Waals surface area contributed by atoms with Crippen LogP contribution in [0.5, 0.6) is 0 Å². The number of aromatic nitrogens is 1. The van der Waals surface area contributed by atoms with Crippen LogP contribution in [-0.2, 0) is 32.2 Å². The van der Waals surface area contributed by atoms with Gasteiger partial charge in [-0.15, -0.1) is 11.3 Å². The average molecular weight is 573 g/mol. The molecule has 4 heterocycles. The minimum Gasteiger partial charge on any atom is -0.475 e. The molecular formula is C23H26F6N2O6S. The average Bonchev–Trinajstić information content (AvgIpc) is 3.48. The van der Waals surface area contributed by atoms with Crippen LogP contribution in [0.2, 0.25) is 0 Å². The van der Waals surface area contributed by atoms with Crippen LogP contribution in [0.4, 0.5) is 26.3 Å². The lowest BCUT2D eigenvalue weighted by molar-refractivity contribution is -0.193. The number of aliphatic carboxylic acids is 2. The molecule has 2 aromatic heterocycles. The predicted octanol–water partition coefficient (Wildman–Crippen LogP) is 4.75. The highest BCUT2D eigenvalue weighted by molar-refractivity contribution is 7.09. The van der Waals surface area contributed by atoms with Gasteiger partial charge in [-0.2, -0.15) is 26.3 Å². The molecule has 0 radical (unpaired) electrons. The molecule has 2 atom stereocenters. The van der Waals surface area contributed by atoms with E-state index in [0.29, 0.717) is 13.2 Å². The van der Waals surface area contributed by atoms with E-state index in [1.165, 1.54) is 17.8 Å². The molecule has 0 saturated carbocycles. The Hall–Kier alpha value is -2.75. The lowest BCUT2D eigenvalue weighted by Crippen LogP contribution is -2.47. The van der Waals surface area contributed by atoms with Crippen molar-refractivity contribution in [2.45, 2.75) is 56.5 Å². The van der Waals surface area contributed by atoms with Gasteiger partial charge in [0, 0.05) is 36.8 Å². The molecule has 8 nitrogen and oxygen atoms in total. The maximum atomic E-state index is 10.6. The predicted molar refractivity (Wildman–Crippen MR) is 122 cm³/mol. The molecule has 2 N–H and O–H groups in total. The van der Waals surface area contributed by atoms with Crippen molar-refractivity contribution in [3.05, 3.63) is 52.5 Å². The van der Waals surface area contributed by atoms with Gasteiger partial charge in [-0.3, -0.25) is 9.88 Å². The number of carboxylic acid groups (broad SMARTS) is 2. The van der Waals surface area contributed by atoms with Gasteiger partial charge in [0.15, 0.2) is 0 Å². The van der Waals surface area contributed by atoms with E-state index in [2.05, 4.69) is 33.5 Å². The summed E-state index contributed by atoms with van der Waals surface area (Å²) in [6, 6.07) is 8.37. The van der Waals surface area contributed by atoms with Crippen molar-refractivity contribution in [2.24, 2.45) is 0 Å². The molecular weight excluding hydrogens is 546 g/mol. The number of piperidine rings is 1. The molecule has 2 aliphatic heterocycles. The van der Waals surface area contributed by atoms with Crippen LogP contribution in [0, 0.1) is 0 Å². The van der Waals surface area contributed by atoms with Gasteiger partial charge in [0.25, 0.3) is 0 Å². The first-order valence-corrected chi connectivity index (χ1v) is 12.1. The fourth-order valence-corrected chi connectivity index (χ4v) is 4.59. The minimum absolute atomic E-state index is 0.00485. The van der Waals surface area contributed by atoms with E-state index in [1.807, 2.05) is 23.6 Å². The van der Waals surface area contributed by atoms with Gasteiger partial charge in [0.2, 0.25) is 0 Å². The number of hydrogen-bond donors (Lipinski definition) is 2. The number of likely N-dealkylation sites (tertiary alicyclic amines) is 1. The van der Waals surface area contributed by atoms with Crippen molar-refractivity contribution in [2.75, 3.05) is 19.7 Å². The quantitative estimate of drug-likeness (QED) is 0.495. The Kier molecular flexibility index (Phi) is 11.5. The van der Waals surface area contributed by atoms with E-state index in [0.717, 1.165) is 31.5 Å². The summed E-state index contributed by atoms with van der Waals surface area (Å²) in [5.41, 5.74) is 1.12. The van der Waals surface area contributed by atoms with Crippen LogP contribution in [0.3, 0.4) is 0 Å². The summed E-state index contributed by atoms with van der Waals surface area (Å²) in [5, 5.41) is 16.4. The Morgan fingerprint density at radius 3 is 2.32 bits per heavy atom. The highest BCUT2D eigenvalue weighted by atomic mass is 32.1. The number of halogens is 6. The number of rotatable bonds is 5. The van der Waals surface area contributed by atoms with Crippen LogP contribution in [0.15, 0.2) is 42.0 Å². The van der Waals surface area contributed by atoms with Gasteiger partial charge in [-0.1, -0.05) is 12.1 Å². The number of carbonyl (C=O) groups is 2. The Labute approximate surface area is 217 Å². The molecule has 0 unspecified atom stereocenters. The molecule has 4 rings (SSSR count). The smallest absolute Gasteiger partial charge is 0.475 e. The van der Waals surface area contributed by atoms with Gasteiger partial charge in [-0.25, -0.2) is 9.59 Å². The number of carboxylic acids is 2. The number of ether oxygens (including phenoxy) is 2. The molecule has 0 aromatic carbocycles. The third kappa shape index (κ3) is 10.9. The van der Waals surface area contributed by atoms with Gasteiger partial charge in [0.1, 0.15) is 0 Å². The summed E-state index contributed by atoms with van der Waals surface area (Å²) in [4.78, 5) is 25.9. The minimum atomic E-state index is -5.08. The van der Waals surface area contributed by atoms with Gasteiger partial charge in [0.05, 0.1) is 24.9 Å². The zero-order valence-corrected chi connectivity index (χ0v) is 20.7. The lowest BCUT2D eigenvalue weighted by atomic mass is 9.89. The normalized spacial score (nSPS) is 21.7. The summed E-state index contributed by atoms with van der Waals surface area (Å²) in [6.45, 7) is 4.58. The Bertz CT molecular complexity index is 982. The zero-order chi connectivity index (χ0) is 28.4. The summed E-state index contributed by atoms with van der Waals surface area (Å²) < 4.78 is 75.8. The van der Waals surface area contributed by atoms with E-state index in [-0.39, 0.29) is 11.7 Å². The second-order valence-electron chi connectivity index (χ2n) is 8.49. The zero-order valence-electron chi connectivity index (χ0n) is 19.9. The first-order chi connectivity index (χ1) is 17.7. The summed E-state index contributed by atoms with van der Waals surface area (Å²) >= 11 is 1.84. The topological polar surface area (TPSA) is 109 Å². The monoisotopic (exact) mass is 572 g/mol. The first kappa shape index (κ1) is 31.5. The first-order valence-electron chi connectivity index (χ1n) is 11.2. The number of hydrogen-bond acceptors (Lipinski definition) is 7. The molecule has 38 heavy (non-hydrogen) atoms. The van der Waals surface area contributed by atoms with Gasteiger partial charge in [-0.05, 0) is 42.5 Å². The van der Waals surface area contributed by atoms with Crippen molar-refractivity contribution in [3.63, 3.8) is 0 Å². The molecule has 2 fully saturated rings. The van der Waals surface area contributed by atoms with E-state index in [9.17, 15) is 26.3 Å². The fraction of sp³-hybridized carbons (Fsp3) is 0.522. The lowest BCUT2D eigenvalue weighted by Gasteiger charge is -2.39. The number of nitrogens with zero attached hydrogens (tertiary/aromatic N) is 2. The fourth-order valence-electron chi connectivity index (χ4n) is 3.84. The van der Waals surface area contributed by atoms with Crippen molar-refractivity contribution >= 4 is 23.3 Å². The number of thiophene rings is 1. The Morgan fingerprint density at radius 2 is 1.79 bits per heavy atom. The molecule has 2 aliphatic rings. The second kappa shape index (κ2) is 13.9. The number of alkyl halides is 6. The SMILES string of the molecule is O=C(O)C(F)(F)F.O=C(O)C(F)(F)F.c1cncc(CO[C@@H]2CO[C@@]3(CCCN(Cc4cccs4)C3)C2)c1. The molecule has 0 amide bonds. The highest BCUT2D eigenvalue weighted by Crippen LogP contribution is 2.36.